The van der Waals surface area contributed by atoms with Gasteiger partial charge in [-0.1, -0.05) is 36.4 Å². The Morgan fingerprint density at radius 3 is 2.67 bits per heavy atom. The molecule has 2 heteroatoms. The molecule has 0 unspecified atom stereocenters. The number of carbonyl (C=O) groups is 1. The normalized spacial score (nSPS) is 12.9. The zero-order chi connectivity index (χ0) is 11.1. The number of benzene rings is 1. The first-order valence-corrected chi connectivity index (χ1v) is 5.06. The molecule has 1 aromatic carbocycles. The summed E-state index contributed by atoms with van der Waals surface area (Å²) in [4.78, 5) is 11.4. The molecular weight excluding hydrogens is 188 g/mol. The summed E-state index contributed by atoms with van der Waals surface area (Å²) >= 11 is 0. The van der Waals surface area contributed by atoms with Gasteiger partial charge in [0, 0.05) is 0 Å². The summed E-state index contributed by atoms with van der Waals surface area (Å²) in [5, 5.41) is 0. The summed E-state index contributed by atoms with van der Waals surface area (Å²) in [7, 11) is 0. The van der Waals surface area contributed by atoms with Crippen LogP contribution in [0.3, 0.4) is 0 Å². The van der Waals surface area contributed by atoms with Crippen molar-refractivity contribution in [1.29, 1.82) is 0 Å². The van der Waals surface area contributed by atoms with Crippen LogP contribution in [0.15, 0.2) is 42.5 Å². The lowest BCUT2D eigenvalue weighted by molar-refractivity contribution is -0.125. The molecule has 0 amide bonds. The largest absolute Gasteiger partial charge is 0.366 e. The Morgan fingerprint density at radius 2 is 2.07 bits per heavy atom. The fraction of sp³-hybridized carbons (Fsp3) is 0.308. The molecule has 0 aliphatic carbocycles. The second-order valence-electron chi connectivity index (χ2n) is 3.34. The monoisotopic (exact) mass is 204 g/mol. The maximum atomic E-state index is 11.4. The fourth-order valence-electron chi connectivity index (χ4n) is 1.18. The van der Waals surface area contributed by atoms with E-state index in [9.17, 15) is 4.79 Å². The molecule has 2 nitrogen and oxygen atoms in total. The van der Waals surface area contributed by atoms with Gasteiger partial charge in [-0.2, -0.15) is 0 Å². The third kappa shape index (κ3) is 4.09. The summed E-state index contributed by atoms with van der Waals surface area (Å²) in [6.45, 7) is 4.07. The molecule has 0 aliphatic heterocycles. The molecule has 1 atom stereocenters. The van der Waals surface area contributed by atoms with E-state index < -0.39 is 0 Å². The lowest BCUT2D eigenvalue weighted by Gasteiger charge is -2.09. The Balaban J connectivity index is 2.41. The zero-order valence-corrected chi connectivity index (χ0v) is 9.14. The van der Waals surface area contributed by atoms with Crippen molar-refractivity contribution in [2.24, 2.45) is 0 Å². The predicted octanol–water partition coefficient (Wildman–Crippen LogP) is 2.74. The Bertz CT molecular complexity index is 328. The Kier molecular flexibility index (Phi) is 4.78. The van der Waals surface area contributed by atoms with E-state index in [1.165, 1.54) is 6.08 Å². The van der Waals surface area contributed by atoms with Gasteiger partial charge in [0.15, 0.2) is 5.78 Å². The minimum atomic E-state index is -0.374. The van der Waals surface area contributed by atoms with Crippen LogP contribution in [0.2, 0.25) is 0 Å². The molecule has 15 heavy (non-hydrogen) atoms. The highest BCUT2D eigenvalue weighted by atomic mass is 16.5. The number of allylic oxidation sites excluding steroid dienone is 1. The molecule has 0 saturated carbocycles. The quantitative estimate of drug-likeness (QED) is 0.689. The van der Waals surface area contributed by atoms with Gasteiger partial charge < -0.3 is 4.74 Å². The van der Waals surface area contributed by atoms with Gasteiger partial charge in [-0.05, 0) is 25.5 Å². The number of carbonyl (C=O) groups excluding carboxylic acids is 1. The molecule has 0 aliphatic rings. The third-order valence-electron chi connectivity index (χ3n) is 2.07. The molecule has 0 heterocycles. The highest BCUT2D eigenvalue weighted by Gasteiger charge is 2.09. The van der Waals surface area contributed by atoms with E-state index in [0.717, 1.165) is 5.56 Å². The average Bonchev–Trinajstić information content (AvgIpc) is 2.27. The molecule has 0 N–H and O–H groups in total. The Hall–Kier alpha value is -1.41. The van der Waals surface area contributed by atoms with E-state index in [2.05, 4.69) is 0 Å². The van der Waals surface area contributed by atoms with Crippen molar-refractivity contribution in [3.05, 3.63) is 48.0 Å². The molecular formula is C13H16O2. The first-order chi connectivity index (χ1) is 7.24. The molecule has 0 aromatic heterocycles. The molecule has 0 radical (unpaired) electrons. The molecule has 80 valence electrons. The Labute approximate surface area is 90.6 Å². The average molecular weight is 204 g/mol. The standard InChI is InChI=1S/C13H16O2/c1-3-7-13(14)11(2)15-10-12-8-5-4-6-9-12/h3-9,11H,10H2,1-2H3/t11-/m0/s1. The van der Waals surface area contributed by atoms with Crippen molar-refractivity contribution in [2.75, 3.05) is 0 Å². The highest BCUT2D eigenvalue weighted by Crippen LogP contribution is 2.04. The summed E-state index contributed by atoms with van der Waals surface area (Å²) in [6.07, 6.45) is 2.89. The van der Waals surface area contributed by atoms with Crippen molar-refractivity contribution in [3.63, 3.8) is 0 Å². The number of ether oxygens (including phenoxy) is 1. The van der Waals surface area contributed by atoms with Crippen LogP contribution in [0.1, 0.15) is 19.4 Å². The van der Waals surface area contributed by atoms with Crippen LogP contribution >= 0.6 is 0 Å². The lowest BCUT2D eigenvalue weighted by atomic mass is 10.2. The smallest absolute Gasteiger partial charge is 0.183 e. The van der Waals surface area contributed by atoms with Gasteiger partial charge in [-0.15, -0.1) is 0 Å². The maximum absolute atomic E-state index is 11.4. The molecule has 1 rings (SSSR count). The second-order valence-corrected chi connectivity index (χ2v) is 3.34. The minimum absolute atomic E-state index is 0.00781. The maximum Gasteiger partial charge on any atom is 0.183 e. The van der Waals surface area contributed by atoms with Gasteiger partial charge in [0.25, 0.3) is 0 Å². The van der Waals surface area contributed by atoms with E-state index in [0.29, 0.717) is 6.61 Å². The predicted molar refractivity (Wildman–Crippen MR) is 60.5 cm³/mol. The zero-order valence-electron chi connectivity index (χ0n) is 9.14. The van der Waals surface area contributed by atoms with Crippen LogP contribution in [-0.4, -0.2) is 11.9 Å². The molecule has 0 saturated heterocycles. The van der Waals surface area contributed by atoms with Crippen molar-refractivity contribution in [3.8, 4) is 0 Å². The van der Waals surface area contributed by atoms with E-state index in [1.807, 2.05) is 37.3 Å². The fourth-order valence-corrected chi connectivity index (χ4v) is 1.18. The summed E-state index contributed by atoms with van der Waals surface area (Å²) in [5.74, 6) is 0.00781. The van der Waals surface area contributed by atoms with Gasteiger partial charge in [0.05, 0.1) is 6.61 Å². The van der Waals surface area contributed by atoms with Gasteiger partial charge >= 0.3 is 0 Å². The number of ketones is 1. The van der Waals surface area contributed by atoms with E-state index in [-0.39, 0.29) is 11.9 Å². The van der Waals surface area contributed by atoms with Crippen LogP contribution in [0.4, 0.5) is 0 Å². The van der Waals surface area contributed by atoms with Crippen molar-refractivity contribution < 1.29 is 9.53 Å². The number of hydrogen-bond donors (Lipinski definition) is 0. The third-order valence-corrected chi connectivity index (χ3v) is 2.07. The van der Waals surface area contributed by atoms with Crippen molar-refractivity contribution in [1.82, 2.24) is 0 Å². The van der Waals surface area contributed by atoms with Crippen LogP contribution in [-0.2, 0) is 16.1 Å². The molecule has 0 bridgehead atoms. The first kappa shape index (κ1) is 11.7. The van der Waals surface area contributed by atoms with Crippen LogP contribution in [0.25, 0.3) is 0 Å². The first-order valence-electron chi connectivity index (χ1n) is 5.06. The highest BCUT2D eigenvalue weighted by molar-refractivity contribution is 5.93. The van der Waals surface area contributed by atoms with E-state index >= 15 is 0 Å². The van der Waals surface area contributed by atoms with E-state index in [4.69, 9.17) is 4.74 Å². The van der Waals surface area contributed by atoms with Gasteiger partial charge in [0.1, 0.15) is 6.10 Å². The van der Waals surface area contributed by atoms with Crippen LogP contribution < -0.4 is 0 Å². The summed E-state index contributed by atoms with van der Waals surface area (Å²) < 4.78 is 5.44. The van der Waals surface area contributed by atoms with Gasteiger partial charge in [0.2, 0.25) is 0 Å². The SMILES string of the molecule is CC=CC(=O)[C@H](C)OCc1ccccc1. The number of rotatable bonds is 5. The lowest BCUT2D eigenvalue weighted by Crippen LogP contribution is -2.18. The summed E-state index contributed by atoms with van der Waals surface area (Å²) in [5.41, 5.74) is 1.08. The molecule has 0 fully saturated rings. The van der Waals surface area contributed by atoms with Crippen LogP contribution in [0.5, 0.6) is 0 Å². The second kappa shape index (κ2) is 6.14. The molecule has 1 aromatic rings. The van der Waals surface area contributed by atoms with Crippen LogP contribution in [0, 0.1) is 0 Å². The molecule has 0 spiro atoms. The van der Waals surface area contributed by atoms with Gasteiger partial charge in [-0.3, -0.25) is 4.79 Å². The topological polar surface area (TPSA) is 26.3 Å². The minimum Gasteiger partial charge on any atom is -0.366 e. The van der Waals surface area contributed by atoms with Crippen molar-refractivity contribution in [2.45, 2.75) is 26.6 Å². The van der Waals surface area contributed by atoms with E-state index in [1.54, 1.807) is 13.0 Å². The van der Waals surface area contributed by atoms with Gasteiger partial charge in [-0.25, -0.2) is 0 Å². The number of hydrogen-bond acceptors (Lipinski definition) is 2. The Morgan fingerprint density at radius 1 is 1.40 bits per heavy atom. The van der Waals surface area contributed by atoms with Crippen molar-refractivity contribution >= 4 is 5.78 Å². The summed E-state index contributed by atoms with van der Waals surface area (Å²) in [6, 6.07) is 9.83.